The highest BCUT2D eigenvalue weighted by Gasteiger charge is 2.35. The molecule has 4 heteroatoms. The maximum atomic E-state index is 5.95. The monoisotopic (exact) mass is 310 g/mol. The van der Waals surface area contributed by atoms with Gasteiger partial charge in [0.25, 0.3) is 0 Å². The zero-order chi connectivity index (χ0) is 12.7. The molecule has 3 nitrogen and oxygen atoms in total. The Morgan fingerprint density at radius 1 is 1.33 bits per heavy atom. The fourth-order valence-electron chi connectivity index (χ4n) is 2.33. The highest BCUT2D eigenvalue weighted by Crippen LogP contribution is 2.45. The second-order valence-corrected chi connectivity index (χ2v) is 5.49. The summed E-state index contributed by atoms with van der Waals surface area (Å²) < 4.78 is 17.8. The van der Waals surface area contributed by atoms with Crippen LogP contribution >= 0.6 is 15.9 Å². The van der Waals surface area contributed by atoms with E-state index in [9.17, 15) is 0 Å². The average Bonchev–Trinajstić information content (AvgIpc) is 3.10. The predicted molar refractivity (Wildman–Crippen MR) is 72.9 cm³/mol. The van der Waals surface area contributed by atoms with Crippen LogP contribution < -0.4 is 4.74 Å². The minimum Gasteiger partial charge on any atom is -0.493 e. The number of methoxy groups -OCH3 is 2. The van der Waals surface area contributed by atoms with Gasteiger partial charge in [0.15, 0.2) is 11.3 Å². The molecule has 1 aliphatic rings. The minimum atomic E-state index is 0.0639. The molecule has 1 aromatic heterocycles. The van der Waals surface area contributed by atoms with E-state index in [1.165, 1.54) is 12.8 Å². The van der Waals surface area contributed by atoms with Crippen LogP contribution in [0.2, 0.25) is 0 Å². The number of rotatable bonds is 4. The van der Waals surface area contributed by atoms with Crippen LogP contribution in [0, 0.1) is 5.92 Å². The molecule has 1 fully saturated rings. The maximum Gasteiger partial charge on any atom is 0.177 e. The first kappa shape index (κ1) is 12.1. The molecular formula is C14H15BrO3. The number of halogens is 1. The Morgan fingerprint density at radius 2 is 2.11 bits per heavy atom. The van der Waals surface area contributed by atoms with Crippen LogP contribution in [0.4, 0.5) is 0 Å². The van der Waals surface area contributed by atoms with E-state index >= 15 is 0 Å². The molecule has 0 saturated heterocycles. The molecular weight excluding hydrogens is 296 g/mol. The third-order valence-electron chi connectivity index (χ3n) is 3.42. The molecule has 1 unspecified atom stereocenters. The largest absolute Gasteiger partial charge is 0.493 e. The molecule has 1 aliphatic carbocycles. The van der Waals surface area contributed by atoms with Gasteiger partial charge in [-0.1, -0.05) is 15.9 Å². The van der Waals surface area contributed by atoms with Gasteiger partial charge in [0, 0.05) is 17.0 Å². The van der Waals surface area contributed by atoms with E-state index in [2.05, 4.69) is 22.0 Å². The molecule has 1 heterocycles. The second-order valence-electron chi connectivity index (χ2n) is 4.63. The molecule has 0 bridgehead atoms. The number of hydrogen-bond donors (Lipinski definition) is 0. The molecule has 0 aliphatic heterocycles. The van der Waals surface area contributed by atoms with Crippen LogP contribution in [0.3, 0.4) is 0 Å². The molecule has 1 saturated carbocycles. The molecule has 96 valence electrons. The summed E-state index contributed by atoms with van der Waals surface area (Å²) in [5.41, 5.74) is 0.782. The van der Waals surface area contributed by atoms with Crippen molar-refractivity contribution in [2.75, 3.05) is 14.2 Å². The Balaban J connectivity index is 2.11. The van der Waals surface area contributed by atoms with Crippen molar-refractivity contribution in [2.24, 2.45) is 5.92 Å². The van der Waals surface area contributed by atoms with Gasteiger partial charge in [-0.3, -0.25) is 0 Å². The van der Waals surface area contributed by atoms with Crippen molar-refractivity contribution in [3.8, 4) is 5.75 Å². The van der Waals surface area contributed by atoms with E-state index in [-0.39, 0.29) is 6.10 Å². The summed E-state index contributed by atoms with van der Waals surface area (Å²) >= 11 is 3.54. The van der Waals surface area contributed by atoms with Crippen LogP contribution in [0.25, 0.3) is 11.0 Å². The molecule has 0 amide bonds. The van der Waals surface area contributed by atoms with Gasteiger partial charge in [-0.15, -0.1) is 0 Å². The smallest absolute Gasteiger partial charge is 0.177 e. The van der Waals surface area contributed by atoms with Gasteiger partial charge in [-0.25, -0.2) is 0 Å². The van der Waals surface area contributed by atoms with E-state index in [1.807, 2.05) is 12.1 Å². The zero-order valence-corrected chi connectivity index (χ0v) is 12.0. The van der Waals surface area contributed by atoms with Crippen molar-refractivity contribution < 1.29 is 13.9 Å². The van der Waals surface area contributed by atoms with Crippen molar-refractivity contribution >= 4 is 26.9 Å². The molecule has 2 aromatic rings. The summed E-state index contributed by atoms with van der Waals surface area (Å²) in [5, 5.41) is 1.03. The van der Waals surface area contributed by atoms with Gasteiger partial charge in [0.2, 0.25) is 0 Å². The van der Waals surface area contributed by atoms with Crippen LogP contribution in [0.5, 0.6) is 5.75 Å². The number of ether oxygens (including phenoxy) is 2. The molecule has 18 heavy (non-hydrogen) atoms. The quantitative estimate of drug-likeness (QED) is 0.843. The zero-order valence-electron chi connectivity index (χ0n) is 10.4. The average molecular weight is 311 g/mol. The number of fused-ring (bicyclic) bond motifs is 1. The Bertz CT molecular complexity index is 572. The lowest BCUT2D eigenvalue weighted by molar-refractivity contribution is 0.0672. The molecule has 1 atom stereocenters. The molecule has 0 N–H and O–H groups in total. The standard InChI is InChI=1S/C14H15BrO3/c1-16-11-6-5-10(15)9-7-12(18-14(9)11)13(17-2)8-3-4-8/h5-8,13H,3-4H2,1-2H3. The topological polar surface area (TPSA) is 31.6 Å². The highest BCUT2D eigenvalue weighted by molar-refractivity contribution is 9.10. The maximum absolute atomic E-state index is 5.95. The van der Waals surface area contributed by atoms with Crippen LogP contribution in [0.1, 0.15) is 24.7 Å². The van der Waals surface area contributed by atoms with E-state index in [0.29, 0.717) is 5.92 Å². The summed E-state index contributed by atoms with van der Waals surface area (Å²) in [4.78, 5) is 0. The third kappa shape index (κ3) is 1.93. The summed E-state index contributed by atoms with van der Waals surface area (Å²) in [7, 11) is 3.39. The van der Waals surface area contributed by atoms with Gasteiger partial charge in [-0.05, 0) is 37.0 Å². The lowest BCUT2D eigenvalue weighted by Gasteiger charge is -2.10. The summed E-state index contributed by atoms with van der Waals surface area (Å²) in [5.74, 6) is 2.24. The van der Waals surface area contributed by atoms with Crippen molar-refractivity contribution in [2.45, 2.75) is 18.9 Å². The van der Waals surface area contributed by atoms with Gasteiger partial charge in [0.05, 0.1) is 7.11 Å². The lowest BCUT2D eigenvalue weighted by atomic mass is 10.1. The lowest BCUT2D eigenvalue weighted by Crippen LogP contribution is -2.01. The SMILES string of the molecule is COc1ccc(Br)c2cc(C(OC)C3CC3)oc12. The first-order valence-electron chi connectivity index (χ1n) is 6.03. The molecule has 3 rings (SSSR count). The first-order valence-corrected chi connectivity index (χ1v) is 6.82. The van der Waals surface area contributed by atoms with E-state index in [4.69, 9.17) is 13.9 Å². The van der Waals surface area contributed by atoms with Gasteiger partial charge in [-0.2, -0.15) is 0 Å². The summed E-state index contributed by atoms with van der Waals surface area (Å²) in [6, 6.07) is 5.92. The first-order chi connectivity index (χ1) is 8.74. The molecule has 0 spiro atoms. The minimum absolute atomic E-state index is 0.0639. The highest BCUT2D eigenvalue weighted by atomic mass is 79.9. The molecule has 0 radical (unpaired) electrons. The van der Waals surface area contributed by atoms with E-state index in [0.717, 1.165) is 27.0 Å². The molecule has 1 aromatic carbocycles. The third-order valence-corrected chi connectivity index (χ3v) is 4.11. The second kappa shape index (κ2) is 4.59. The Hall–Kier alpha value is -1.00. The normalized spacial score (nSPS) is 17.1. The predicted octanol–water partition coefficient (Wildman–Crippen LogP) is 4.30. The van der Waals surface area contributed by atoms with Crippen molar-refractivity contribution in [3.63, 3.8) is 0 Å². The summed E-state index contributed by atoms with van der Waals surface area (Å²) in [6.45, 7) is 0. The van der Waals surface area contributed by atoms with Gasteiger partial charge >= 0.3 is 0 Å². The van der Waals surface area contributed by atoms with Crippen LogP contribution in [0.15, 0.2) is 27.1 Å². The van der Waals surface area contributed by atoms with Crippen LogP contribution in [-0.2, 0) is 4.74 Å². The van der Waals surface area contributed by atoms with E-state index < -0.39 is 0 Å². The fraction of sp³-hybridized carbons (Fsp3) is 0.429. The Labute approximate surface area is 114 Å². The summed E-state index contributed by atoms with van der Waals surface area (Å²) in [6.07, 6.45) is 2.50. The van der Waals surface area contributed by atoms with Crippen LogP contribution in [-0.4, -0.2) is 14.2 Å². The number of benzene rings is 1. The number of hydrogen-bond acceptors (Lipinski definition) is 3. The van der Waals surface area contributed by atoms with Crippen molar-refractivity contribution in [1.29, 1.82) is 0 Å². The fourth-order valence-corrected chi connectivity index (χ4v) is 2.75. The van der Waals surface area contributed by atoms with Crippen molar-refractivity contribution in [1.82, 2.24) is 0 Å². The van der Waals surface area contributed by atoms with Crippen molar-refractivity contribution in [3.05, 3.63) is 28.4 Å². The van der Waals surface area contributed by atoms with Gasteiger partial charge in [0.1, 0.15) is 11.9 Å². The number of furan rings is 1. The van der Waals surface area contributed by atoms with Gasteiger partial charge < -0.3 is 13.9 Å². The Kier molecular flexibility index (Phi) is 3.08. The van der Waals surface area contributed by atoms with E-state index in [1.54, 1.807) is 14.2 Å². The Morgan fingerprint density at radius 3 is 2.72 bits per heavy atom.